The molecule has 0 bridgehead atoms. The van der Waals surface area contributed by atoms with Gasteiger partial charge in [0.15, 0.2) is 0 Å². The van der Waals surface area contributed by atoms with Gasteiger partial charge in [-0.1, -0.05) is 42.5 Å². The lowest BCUT2D eigenvalue weighted by Gasteiger charge is -2.09. The van der Waals surface area contributed by atoms with Crippen molar-refractivity contribution in [3.05, 3.63) is 102 Å². The highest BCUT2D eigenvalue weighted by Gasteiger charge is 2.09. The van der Waals surface area contributed by atoms with E-state index in [0.29, 0.717) is 18.7 Å². The van der Waals surface area contributed by atoms with Crippen molar-refractivity contribution < 1.29 is 13.6 Å². The van der Waals surface area contributed by atoms with Gasteiger partial charge in [-0.05, 0) is 59.0 Å². The molecule has 1 heterocycles. The Labute approximate surface area is 168 Å². The second kappa shape index (κ2) is 8.23. The van der Waals surface area contributed by atoms with Crippen LogP contribution in [0, 0.1) is 12.7 Å². The molecule has 0 aliphatic rings. The molecule has 0 radical (unpaired) electrons. The molecule has 0 unspecified atom stereocenters. The van der Waals surface area contributed by atoms with Gasteiger partial charge in [0.25, 0.3) is 0 Å². The predicted molar refractivity (Wildman–Crippen MR) is 111 cm³/mol. The minimum absolute atomic E-state index is 0.103. The Morgan fingerprint density at radius 1 is 0.897 bits per heavy atom. The number of carbonyl (C=O) groups is 1. The highest BCUT2D eigenvalue weighted by Crippen LogP contribution is 2.29. The Morgan fingerprint density at radius 3 is 2.14 bits per heavy atom. The van der Waals surface area contributed by atoms with Crippen molar-refractivity contribution >= 4 is 5.78 Å². The van der Waals surface area contributed by atoms with Crippen LogP contribution in [0.3, 0.4) is 0 Å². The van der Waals surface area contributed by atoms with Crippen molar-refractivity contribution in [1.29, 1.82) is 0 Å². The number of nitrogens with zero attached hydrogens (tertiary/aromatic N) is 1. The molecule has 0 aliphatic heterocycles. The Bertz CT molecular complexity index is 1110. The minimum Gasteiger partial charge on any atom is -0.445 e. The summed E-state index contributed by atoms with van der Waals surface area (Å²) in [7, 11) is 0. The van der Waals surface area contributed by atoms with Crippen LogP contribution >= 0.6 is 0 Å². The maximum atomic E-state index is 13.0. The molecule has 0 aliphatic carbocycles. The van der Waals surface area contributed by atoms with E-state index in [2.05, 4.69) is 24.0 Å². The van der Waals surface area contributed by atoms with Gasteiger partial charge in [0, 0.05) is 18.4 Å². The first-order chi connectivity index (χ1) is 14.1. The number of carbonyl (C=O) groups excluding carboxylic acids is 1. The van der Waals surface area contributed by atoms with Gasteiger partial charge in [-0.2, -0.15) is 0 Å². The Morgan fingerprint density at radius 2 is 1.52 bits per heavy atom. The normalized spacial score (nSPS) is 10.8. The van der Waals surface area contributed by atoms with Gasteiger partial charge >= 0.3 is 0 Å². The fourth-order valence-corrected chi connectivity index (χ4v) is 3.35. The number of aryl methyl sites for hydroxylation is 1. The average Bonchev–Trinajstić information content (AvgIpc) is 3.26. The SMILES string of the molecule is Cc1ccc(-c2ncco2)cc1-c1ccc(CC(=O)Cc2ccc(F)cc2)cc1. The zero-order valence-electron chi connectivity index (χ0n) is 16.1. The number of oxazole rings is 1. The van der Waals surface area contributed by atoms with Crippen molar-refractivity contribution in [1.82, 2.24) is 4.98 Å². The molecule has 4 aromatic rings. The lowest BCUT2D eigenvalue weighted by molar-refractivity contribution is -0.117. The maximum absolute atomic E-state index is 13.0. The van der Waals surface area contributed by atoms with Crippen molar-refractivity contribution in [3.8, 4) is 22.6 Å². The van der Waals surface area contributed by atoms with Gasteiger partial charge in [0.1, 0.15) is 17.9 Å². The van der Waals surface area contributed by atoms with Gasteiger partial charge in [-0.25, -0.2) is 9.37 Å². The molecule has 29 heavy (non-hydrogen) atoms. The second-order valence-electron chi connectivity index (χ2n) is 7.08. The van der Waals surface area contributed by atoms with E-state index in [0.717, 1.165) is 33.4 Å². The first-order valence-electron chi connectivity index (χ1n) is 9.44. The van der Waals surface area contributed by atoms with Crippen LogP contribution in [0.15, 0.2) is 83.6 Å². The lowest BCUT2D eigenvalue weighted by atomic mass is 9.96. The Balaban J connectivity index is 1.48. The fraction of sp³-hybridized carbons (Fsp3) is 0.120. The topological polar surface area (TPSA) is 43.1 Å². The van der Waals surface area contributed by atoms with Crippen LogP contribution in [-0.4, -0.2) is 10.8 Å². The number of rotatable bonds is 6. The van der Waals surface area contributed by atoms with Gasteiger partial charge in [0.2, 0.25) is 5.89 Å². The van der Waals surface area contributed by atoms with Crippen molar-refractivity contribution in [2.75, 3.05) is 0 Å². The third kappa shape index (κ3) is 4.49. The summed E-state index contributed by atoms with van der Waals surface area (Å²) in [6.45, 7) is 2.06. The maximum Gasteiger partial charge on any atom is 0.225 e. The quantitative estimate of drug-likeness (QED) is 0.421. The van der Waals surface area contributed by atoms with Crippen LogP contribution in [0.4, 0.5) is 4.39 Å². The van der Waals surface area contributed by atoms with Crippen LogP contribution in [0.5, 0.6) is 0 Å². The molecule has 0 saturated heterocycles. The van der Waals surface area contributed by atoms with Crippen LogP contribution < -0.4 is 0 Å². The molecule has 144 valence electrons. The minimum atomic E-state index is -0.293. The first kappa shape index (κ1) is 18.8. The van der Waals surface area contributed by atoms with E-state index in [1.165, 1.54) is 12.1 Å². The molecule has 0 amide bonds. The summed E-state index contributed by atoms with van der Waals surface area (Å²) in [6.07, 6.45) is 3.85. The zero-order valence-corrected chi connectivity index (χ0v) is 16.1. The molecule has 0 atom stereocenters. The number of hydrogen-bond acceptors (Lipinski definition) is 3. The molecule has 0 N–H and O–H groups in total. The van der Waals surface area contributed by atoms with Crippen molar-refractivity contribution in [2.24, 2.45) is 0 Å². The van der Waals surface area contributed by atoms with Crippen molar-refractivity contribution in [2.45, 2.75) is 19.8 Å². The first-order valence-corrected chi connectivity index (χ1v) is 9.44. The molecular weight excluding hydrogens is 365 g/mol. The Hall–Kier alpha value is -3.53. The predicted octanol–water partition coefficient (Wildman–Crippen LogP) is 5.81. The third-order valence-electron chi connectivity index (χ3n) is 4.90. The summed E-state index contributed by atoms with van der Waals surface area (Å²) in [6, 6.07) is 20.2. The van der Waals surface area contributed by atoms with Crippen LogP contribution in [0.1, 0.15) is 16.7 Å². The molecular formula is C25H20FNO2. The molecule has 0 saturated carbocycles. The summed E-state index contributed by atoms with van der Waals surface area (Å²) in [5.41, 5.74) is 6.04. The monoisotopic (exact) mass is 385 g/mol. The summed E-state index contributed by atoms with van der Waals surface area (Å²) in [4.78, 5) is 16.6. The number of Topliss-reactive ketones (excluding diaryl/α,β-unsaturated/α-hetero) is 1. The summed E-state index contributed by atoms with van der Waals surface area (Å²) in [5.74, 6) is 0.402. The Kier molecular flexibility index (Phi) is 5.34. The van der Waals surface area contributed by atoms with Gasteiger partial charge in [-0.15, -0.1) is 0 Å². The van der Waals surface area contributed by atoms with Gasteiger partial charge in [0.05, 0.1) is 6.20 Å². The van der Waals surface area contributed by atoms with Crippen LogP contribution in [-0.2, 0) is 17.6 Å². The summed E-state index contributed by atoms with van der Waals surface area (Å²) < 4.78 is 18.4. The number of ketones is 1. The van der Waals surface area contributed by atoms with Gasteiger partial charge in [-0.3, -0.25) is 4.79 Å². The highest BCUT2D eigenvalue weighted by atomic mass is 19.1. The number of aromatic nitrogens is 1. The largest absolute Gasteiger partial charge is 0.445 e. The molecule has 0 fully saturated rings. The van der Waals surface area contributed by atoms with Gasteiger partial charge < -0.3 is 4.42 Å². The lowest BCUT2D eigenvalue weighted by Crippen LogP contribution is -2.06. The van der Waals surface area contributed by atoms with E-state index in [1.54, 1.807) is 24.6 Å². The summed E-state index contributed by atoms with van der Waals surface area (Å²) >= 11 is 0. The summed E-state index contributed by atoms with van der Waals surface area (Å²) in [5, 5.41) is 0. The molecule has 4 rings (SSSR count). The number of halogens is 1. The second-order valence-corrected chi connectivity index (χ2v) is 7.08. The standard InChI is InChI=1S/C25H20FNO2/c1-17-2-7-21(25-27-12-13-29-25)16-24(17)20-8-3-18(4-9-20)14-23(28)15-19-5-10-22(26)11-6-19/h2-13,16H,14-15H2,1H3. The van der Waals surface area contributed by atoms with Crippen molar-refractivity contribution in [3.63, 3.8) is 0 Å². The average molecular weight is 385 g/mol. The van der Waals surface area contributed by atoms with Crippen LogP contribution in [0.25, 0.3) is 22.6 Å². The van der Waals surface area contributed by atoms with Crippen LogP contribution in [0.2, 0.25) is 0 Å². The molecule has 1 aromatic heterocycles. The number of benzene rings is 3. The van der Waals surface area contributed by atoms with E-state index in [1.807, 2.05) is 30.3 Å². The van der Waals surface area contributed by atoms with E-state index in [9.17, 15) is 9.18 Å². The highest BCUT2D eigenvalue weighted by molar-refractivity contribution is 5.83. The van der Waals surface area contributed by atoms with E-state index in [-0.39, 0.29) is 11.6 Å². The van der Waals surface area contributed by atoms with E-state index >= 15 is 0 Å². The zero-order chi connectivity index (χ0) is 20.2. The molecule has 0 spiro atoms. The number of hydrogen-bond donors (Lipinski definition) is 0. The molecule has 4 heteroatoms. The van der Waals surface area contributed by atoms with E-state index in [4.69, 9.17) is 4.42 Å². The fourth-order valence-electron chi connectivity index (χ4n) is 3.35. The molecule has 3 aromatic carbocycles. The molecule has 3 nitrogen and oxygen atoms in total. The third-order valence-corrected chi connectivity index (χ3v) is 4.90. The van der Waals surface area contributed by atoms with E-state index < -0.39 is 0 Å². The smallest absolute Gasteiger partial charge is 0.225 e.